The summed E-state index contributed by atoms with van der Waals surface area (Å²) in [6.45, 7) is 4.23. The summed E-state index contributed by atoms with van der Waals surface area (Å²) < 4.78 is 0. The van der Waals surface area contributed by atoms with Gasteiger partial charge in [0.05, 0.1) is 12.4 Å². The molecule has 1 aromatic carbocycles. The Morgan fingerprint density at radius 2 is 1.62 bits per heavy atom. The minimum absolute atomic E-state index is 0.00904. The number of benzene rings is 1. The van der Waals surface area contributed by atoms with E-state index in [2.05, 4.69) is 30.9 Å². The van der Waals surface area contributed by atoms with Gasteiger partial charge in [-0.15, -0.1) is 0 Å². The van der Waals surface area contributed by atoms with Crippen molar-refractivity contribution < 1.29 is 24.3 Å². The third-order valence-electron chi connectivity index (χ3n) is 6.96. The zero-order chi connectivity index (χ0) is 30.6. The van der Waals surface area contributed by atoms with Crippen molar-refractivity contribution in [1.82, 2.24) is 30.9 Å². The highest BCUT2D eigenvalue weighted by Crippen LogP contribution is 2.19. The van der Waals surface area contributed by atoms with Crippen LogP contribution in [0.2, 0.25) is 0 Å². The van der Waals surface area contributed by atoms with E-state index in [9.17, 15) is 24.3 Å². The minimum atomic E-state index is -1.24. The van der Waals surface area contributed by atoms with Crippen molar-refractivity contribution in [3.63, 3.8) is 0 Å². The van der Waals surface area contributed by atoms with Crippen LogP contribution in [0.1, 0.15) is 50.8 Å². The third-order valence-corrected chi connectivity index (χ3v) is 6.96. The maximum absolute atomic E-state index is 13.4. The van der Waals surface area contributed by atoms with Crippen molar-refractivity contribution >= 4 is 34.6 Å². The Balaban J connectivity index is 1.69. The summed E-state index contributed by atoms with van der Waals surface area (Å²) in [5.74, 6) is -2.86. The fourth-order valence-electron chi connectivity index (χ4n) is 4.73. The Bertz CT molecular complexity index is 1320. The van der Waals surface area contributed by atoms with Crippen LogP contribution in [-0.2, 0) is 32.0 Å². The van der Waals surface area contributed by atoms with Crippen molar-refractivity contribution in [3.8, 4) is 0 Å². The number of nitrogens with zero attached hydrogens (tertiary/aromatic N) is 1. The number of unbranched alkanes of at least 4 members (excludes halogenated alkanes) is 1. The number of carboxylic acids is 1. The fourth-order valence-corrected chi connectivity index (χ4v) is 4.73. The van der Waals surface area contributed by atoms with Crippen LogP contribution in [0.5, 0.6) is 0 Å². The average Bonchev–Trinajstić information content (AvgIpc) is 3.61. The third kappa shape index (κ3) is 9.42. The molecule has 0 saturated carbocycles. The van der Waals surface area contributed by atoms with Gasteiger partial charge in [-0.3, -0.25) is 14.4 Å². The maximum atomic E-state index is 13.4. The van der Waals surface area contributed by atoms with Crippen LogP contribution < -0.4 is 27.4 Å². The number of nitrogens with two attached hydrogens (primary N) is 2. The lowest BCUT2D eigenvalue weighted by Gasteiger charge is -2.26. The first-order valence-corrected chi connectivity index (χ1v) is 14.2. The van der Waals surface area contributed by atoms with Gasteiger partial charge >= 0.3 is 5.97 Å². The number of carboxylic acid groups (broad SMARTS) is 1. The van der Waals surface area contributed by atoms with Crippen LogP contribution in [0.15, 0.2) is 43.0 Å². The summed E-state index contributed by atoms with van der Waals surface area (Å²) in [4.78, 5) is 61.5. The van der Waals surface area contributed by atoms with E-state index in [0.29, 0.717) is 31.5 Å². The molecule has 0 aliphatic rings. The van der Waals surface area contributed by atoms with Crippen molar-refractivity contribution in [2.45, 2.75) is 76.5 Å². The number of nitrogens with one attached hydrogen (secondary N) is 5. The van der Waals surface area contributed by atoms with Crippen LogP contribution >= 0.6 is 0 Å². The molecule has 3 amide bonds. The molecule has 2 heterocycles. The molecule has 0 bridgehead atoms. The molecule has 4 atom stereocenters. The van der Waals surface area contributed by atoms with Crippen LogP contribution in [0.3, 0.4) is 0 Å². The Morgan fingerprint density at radius 1 is 0.929 bits per heavy atom. The summed E-state index contributed by atoms with van der Waals surface area (Å²) in [5.41, 5.74) is 14.2. The molecule has 0 aliphatic carbocycles. The van der Waals surface area contributed by atoms with Gasteiger partial charge in [-0.1, -0.05) is 32.0 Å². The largest absolute Gasteiger partial charge is 0.480 e. The molecular formula is C29H42N8O5. The zero-order valence-electron chi connectivity index (χ0n) is 24.1. The number of carbonyl (C=O) groups is 4. The number of carbonyl (C=O) groups excluding carboxylic acids is 3. The molecular weight excluding hydrogens is 540 g/mol. The average molecular weight is 583 g/mol. The normalized spacial score (nSPS) is 14.2. The van der Waals surface area contributed by atoms with Crippen molar-refractivity contribution in [1.29, 1.82) is 0 Å². The molecule has 0 radical (unpaired) electrons. The number of aromatic nitrogens is 3. The molecule has 0 spiro atoms. The number of aliphatic carboxylic acids is 1. The van der Waals surface area contributed by atoms with E-state index in [1.165, 1.54) is 12.5 Å². The van der Waals surface area contributed by atoms with Crippen LogP contribution in [0.4, 0.5) is 0 Å². The van der Waals surface area contributed by atoms with Gasteiger partial charge in [0, 0.05) is 35.4 Å². The maximum Gasteiger partial charge on any atom is 0.326 e. The zero-order valence-corrected chi connectivity index (χ0v) is 24.1. The van der Waals surface area contributed by atoms with Crippen molar-refractivity contribution in [3.05, 3.63) is 54.2 Å². The molecule has 3 rings (SSSR count). The molecule has 0 fully saturated rings. The second-order valence-electron chi connectivity index (χ2n) is 10.9. The quantitative estimate of drug-likeness (QED) is 0.106. The monoisotopic (exact) mass is 582 g/mol. The van der Waals surface area contributed by atoms with E-state index >= 15 is 0 Å². The van der Waals surface area contributed by atoms with Gasteiger partial charge in [0.2, 0.25) is 17.7 Å². The topological polar surface area (TPSA) is 221 Å². The van der Waals surface area contributed by atoms with Crippen LogP contribution in [0.25, 0.3) is 10.9 Å². The molecule has 0 saturated heterocycles. The van der Waals surface area contributed by atoms with Crippen molar-refractivity contribution in [2.24, 2.45) is 17.4 Å². The van der Waals surface area contributed by atoms with Gasteiger partial charge in [0.15, 0.2) is 0 Å². The molecule has 10 N–H and O–H groups in total. The van der Waals surface area contributed by atoms with E-state index in [1.54, 1.807) is 0 Å². The fraction of sp³-hybridized carbons (Fsp3) is 0.483. The molecule has 4 unspecified atom stereocenters. The summed E-state index contributed by atoms with van der Waals surface area (Å²) in [6.07, 6.45) is 6.67. The molecule has 228 valence electrons. The Labute approximate surface area is 244 Å². The lowest BCUT2D eigenvalue weighted by Crippen LogP contribution is -2.57. The van der Waals surface area contributed by atoms with E-state index in [4.69, 9.17) is 11.5 Å². The number of hydrogen-bond acceptors (Lipinski definition) is 7. The second-order valence-corrected chi connectivity index (χ2v) is 10.9. The highest BCUT2D eigenvalue weighted by Gasteiger charge is 2.31. The van der Waals surface area contributed by atoms with Gasteiger partial charge in [-0.05, 0) is 56.2 Å². The first-order valence-electron chi connectivity index (χ1n) is 14.2. The van der Waals surface area contributed by atoms with Gasteiger partial charge in [-0.25, -0.2) is 9.78 Å². The number of para-hydroxylation sites is 1. The minimum Gasteiger partial charge on any atom is -0.480 e. The predicted molar refractivity (Wildman–Crippen MR) is 158 cm³/mol. The van der Waals surface area contributed by atoms with Gasteiger partial charge in [-0.2, -0.15) is 0 Å². The van der Waals surface area contributed by atoms with E-state index in [-0.39, 0.29) is 25.2 Å². The van der Waals surface area contributed by atoms with Gasteiger partial charge in [0.25, 0.3) is 0 Å². The number of H-pyrrole nitrogens is 2. The molecule has 0 aliphatic heterocycles. The van der Waals surface area contributed by atoms with Crippen LogP contribution in [0, 0.1) is 5.92 Å². The number of rotatable bonds is 17. The summed E-state index contributed by atoms with van der Waals surface area (Å²) >= 11 is 0. The molecule has 13 nitrogen and oxygen atoms in total. The van der Waals surface area contributed by atoms with Gasteiger partial charge in [0.1, 0.15) is 18.1 Å². The summed E-state index contributed by atoms with van der Waals surface area (Å²) in [6, 6.07) is 3.58. The Kier molecular flexibility index (Phi) is 12.1. The first-order chi connectivity index (χ1) is 20.1. The molecule has 3 aromatic rings. The highest BCUT2D eigenvalue weighted by atomic mass is 16.4. The molecule has 2 aromatic heterocycles. The number of hydrogen-bond donors (Lipinski definition) is 8. The summed E-state index contributed by atoms with van der Waals surface area (Å²) in [5, 5.41) is 18.7. The lowest BCUT2D eigenvalue weighted by molar-refractivity contribution is -0.142. The van der Waals surface area contributed by atoms with Crippen molar-refractivity contribution in [2.75, 3.05) is 6.54 Å². The number of aromatic amines is 2. The van der Waals surface area contributed by atoms with E-state index in [0.717, 1.165) is 16.5 Å². The first kappa shape index (κ1) is 32.3. The highest BCUT2D eigenvalue weighted by molar-refractivity contribution is 5.94. The Morgan fingerprint density at radius 3 is 2.29 bits per heavy atom. The van der Waals surface area contributed by atoms with E-state index in [1.807, 2.05) is 44.3 Å². The van der Waals surface area contributed by atoms with Crippen LogP contribution in [-0.4, -0.2) is 74.5 Å². The molecule has 13 heteroatoms. The predicted octanol–water partition coefficient (Wildman–Crippen LogP) is 0.718. The second kappa shape index (κ2) is 15.7. The van der Waals surface area contributed by atoms with Gasteiger partial charge < -0.3 is 42.5 Å². The standard InChI is InChI=1S/C29H42N8O5/c1-17(2)11-24(36-26(38)21(31)12-18-14-33-22-8-4-3-7-20(18)22)28(40)35-23(9-5-6-10-30)27(39)37-25(29(41)42)13-19-15-32-16-34-19/h3-4,7-8,14-17,21,23-25,33H,5-6,9-13,30-31H2,1-2H3,(H,32,34)(H,35,40)(H,36,38)(H,37,39)(H,41,42). The number of fused-ring (bicyclic) bond motifs is 1. The number of imidazole rings is 1. The Hall–Kier alpha value is -4.23. The smallest absolute Gasteiger partial charge is 0.326 e. The lowest BCUT2D eigenvalue weighted by atomic mass is 10.00. The molecule has 42 heavy (non-hydrogen) atoms. The number of amides is 3. The van der Waals surface area contributed by atoms with E-state index < -0.39 is 47.9 Å². The SMILES string of the molecule is CC(C)CC(NC(=O)C(N)Cc1c[nH]c2ccccc12)C(=O)NC(CCCCN)C(=O)NC(Cc1cnc[nH]1)C(=O)O. The summed E-state index contributed by atoms with van der Waals surface area (Å²) in [7, 11) is 0.